The van der Waals surface area contributed by atoms with Gasteiger partial charge < -0.3 is 10.6 Å². The smallest absolute Gasteiger partial charge is 0.286 e. The first-order valence-corrected chi connectivity index (χ1v) is 8.59. The fraction of sp³-hybridized carbons (Fsp3) is 0.125. The van der Waals surface area contributed by atoms with Crippen molar-refractivity contribution < 1.29 is 17.6 Å². The van der Waals surface area contributed by atoms with Gasteiger partial charge in [0.15, 0.2) is 0 Å². The molecule has 0 spiro atoms. The summed E-state index contributed by atoms with van der Waals surface area (Å²) in [6, 6.07) is 12.1. The second kappa shape index (κ2) is 6.40. The van der Waals surface area contributed by atoms with Crippen LogP contribution in [0.4, 0.5) is 10.1 Å². The van der Waals surface area contributed by atoms with Gasteiger partial charge in [-0.25, -0.2) is 4.39 Å². The molecule has 0 atom stereocenters. The number of benzene rings is 2. The molecule has 1 amide bonds. The van der Waals surface area contributed by atoms with Gasteiger partial charge in [0.2, 0.25) is 5.91 Å². The lowest BCUT2D eigenvalue weighted by molar-refractivity contribution is -0.120. The van der Waals surface area contributed by atoms with Crippen molar-refractivity contribution >= 4 is 27.5 Å². The molecule has 1 heterocycles. The largest absolute Gasteiger partial charge is 0.352 e. The van der Waals surface area contributed by atoms with Crippen molar-refractivity contribution in [3.8, 4) is 0 Å². The molecule has 0 radical (unpaired) electrons. The monoisotopic (exact) mass is 347 g/mol. The van der Waals surface area contributed by atoms with E-state index in [4.69, 9.17) is 0 Å². The molecule has 0 saturated carbocycles. The number of rotatable bonds is 4. The summed E-state index contributed by atoms with van der Waals surface area (Å²) in [5, 5.41) is 5.49. The number of amidine groups is 1. The van der Waals surface area contributed by atoms with Gasteiger partial charge >= 0.3 is 0 Å². The van der Waals surface area contributed by atoms with Gasteiger partial charge in [0.25, 0.3) is 10.0 Å². The Morgan fingerprint density at radius 1 is 1.12 bits per heavy atom. The molecule has 3 rings (SSSR count). The molecule has 2 aromatic carbocycles. The summed E-state index contributed by atoms with van der Waals surface area (Å²) >= 11 is 0. The molecule has 2 aromatic rings. The van der Waals surface area contributed by atoms with Crippen LogP contribution in [0.15, 0.2) is 57.8 Å². The van der Waals surface area contributed by atoms with Crippen molar-refractivity contribution in [2.24, 2.45) is 4.40 Å². The van der Waals surface area contributed by atoms with E-state index >= 15 is 0 Å². The summed E-state index contributed by atoms with van der Waals surface area (Å²) in [5.74, 6) is -0.680. The minimum atomic E-state index is -3.80. The van der Waals surface area contributed by atoms with Crippen LogP contribution in [-0.4, -0.2) is 20.2 Å². The lowest BCUT2D eigenvalue weighted by Gasteiger charge is -2.17. The van der Waals surface area contributed by atoms with E-state index in [1.54, 1.807) is 30.3 Å². The highest BCUT2D eigenvalue weighted by Gasteiger charge is 2.25. The second-order valence-corrected chi connectivity index (χ2v) is 6.79. The van der Waals surface area contributed by atoms with Gasteiger partial charge in [-0.1, -0.05) is 24.3 Å². The molecule has 0 unspecified atom stereocenters. The minimum absolute atomic E-state index is 0.0605. The van der Waals surface area contributed by atoms with Gasteiger partial charge in [-0.05, 0) is 29.8 Å². The standard InChI is InChI=1S/C16H14FN3O3S/c17-12-7-5-11(6-8-12)10-18-16(21)9-15-19-13-3-1-2-4-14(13)24(22,23)20-15/h1-8H,9-10H2,(H,18,21)(H,19,20). The molecular weight excluding hydrogens is 333 g/mol. The summed E-state index contributed by atoms with van der Waals surface area (Å²) in [5.41, 5.74) is 1.13. The molecule has 24 heavy (non-hydrogen) atoms. The van der Waals surface area contributed by atoms with Crippen molar-refractivity contribution in [2.75, 3.05) is 5.32 Å². The first-order valence-electron chi connectivity index (χ1n) is 7.15. The molecule has 1 aliphatic rings. The summed E-state index contributed by atoms with van der Waals surface area (Å²) < 4.78 is 40.6. The van der Waals surface area contributed by atoms with Crippen LogP contribution in [0.3, 0.4) is 0 Å². The Bertz CT molecular complexity index is 908. The Morgan fingerprint density at radius 2 is 1.83 bits per heavy atom. The number of sulfonamides is 1. The zero-order valence-electron chi connectivity index (χ0n) is 12.5. The van der Waals surface area contributed by atoms with E-state index in [-0.39, 0.29) is 35.4 Å². The third-order valence-electron chi connectivity index (χ3n) is 3.41. The number of carbonyl (C=O) groups is 1. The topological polar surface area (TPSA) is 87.6 Å². The number of nitrogens with one attached hydrogen (secondary N) is 2. The van der Waals surface area contributed by atoms with Crippen molar-refractivity contribution in [1.29, 1.82) is 0 Å². The number of hydrogen-bond donors (Lipinski definition) is 2. The zero-order valence-corrected chi connectivity index (χ0v) is 13.3. The molecule has 0 bridgehead atoms. The molecule has 0 saturated heterocycles. The van der Waals surface area contributed by atoms with Gasteiger partial charge in [0.1, 0.15) is 16.5 Å². The lowest BCUT2D eigenvalue weighted by Crippen LogP contribution is -2.30. The lowest BCUT2D eigenvalue weighted by atomic mass is 10.2. The maximum Gasteiger partial charge on any atom is 0.286 e. The van der Waals surface area contributed by atoms with E-state index in [1.165, 1.54) is 18.2 Å². The number of fused-ring (bicyclic) bond motifs is 1. The summed E-state index contributed by atoms with van der Waals surface area (Å²) in [6.45, 7) is 0.218. The number of carbonyl (C=O) groups excluding carboxylic acids is 1. The molecule has 0 aliphatic carbocycles. The molecule has 1 aliphatic heterocycles. The van der Waals surface area contributed by atoms with Gasteiger partial charge in [0.05, 0.1) is 12.1 Å². The SMILES string of the molecule is O=C(CC1=NS(=O)(=O)c2ccccc2N1)NCc1ccc(F)cc1. The molecular formula is C16H14FN3O3S. The van der Waals surface area contributed by atoms with E-state index < -0.39 is 10.0 Å². The Hall–Kier alpha value is -2.74. The number of nitrogens with zero attached hydrogens (tertiary/aromatic N) is 1. The Morgan fingerprint density at radius 3 is 2.58 bits per heavy atom. The second-order valence-electron chi connectivity index (χ2n) is 5.21. The van der Waals surface area contributed by atoms with Crippen LogP contribution in [-0.2, 0) is 21.4 Å². The van der Waals surface area contributed by atoms with Crippen LogP contribution in [0.5, 0.6) is 0 Å². The Kier molecular flexibility index (Phi) is 4.30. The average Bonchev–Trinajstić information content (AvgIpc) is 2.54. The van der Waals surface area contributed by atoms with E-state index in [0.717, 1.165) is 5.56 Å². The van der Waals surface area contributed by atoms with E-state index in [0.29, 0.717) is 5.69 Å². The van der Waals surface area contributed by atoms with Gasteiger partial charge in [-0.15, -0.1) is 4.40 Å². The molecule has 0 fully saturated rings. The maximum atomic E-state index is 12.8. The third-order valence-corrected chi connectivity index (χ3v) is 4.78. The summed E-state index contributed by atoms with van der Waals surface area (Å²) in [6.07, 6.45) is -0.200. The van der Waals surface area contributed by atoms with Gasteiger partial charge in [0, 0.05) is 6.54 Å². The quantitative estimate of drug-likeness (QED) is 0.886. The Labute approximate surface area is 138 Å². The van der Waals surface area contributed by atoms with Gasteiger partial charge in [-0.2, -0.15) is 8.42 Å². The number of anilines is 1. The predicted octanol–water partition coefficient (Wildman–Crippen LogP) is 2.04. The predicted molar refractivity (Wildman–Crippen MR) is 87.5 cm³/mol. The van der Waals surface area contributed by atoms with Crippen molar-refractivity contribution in [3.05, 3.63) is 59.9 Å². The molecule has 6 nitrogen and oxygen atoms in total. The Balaban J connectivity index is 1.65. The minimum Gasteiger partial charge on any atom is -0.352 e. The van der Waals surface area contributed by atoms with E-state index in [1.807, 2.05) is 0 Å². The van der Waals surface area contributed by atoms with Crippen LogP contribution < -0.4 is 10.6 Å². The van der Waals surface area contributed by atoms with Crippen molar-refractivity contribution in [1.82, 2.24) is 5.32 Å². The van der Waals surface area contributed by atoms with Crippen LogP contribution >= 0.6 is 0 Å². The number of halogens is 1. The first-order chi connectivity index (χ1) is 11.4. The summed E-state index contributed by atoms with van der Waals surface area (Å²) in [4.78, 5) is 12.1. The van der Waals surface area contributed by atoms with E-state index in [9.17, 15) is 17.6 Å². The normalized spacial score (nSPS) is 15.0. The summed E-state index contributed by atoms with van der Waals surface area (Å²) in [7, 11) is -3.80. The van der Waals surface area contributed by atoms with Crippen LogP contribution in [0.1, 0.15) is 12.0 Å². The number of para-hydroxylation sites is 1. The van der Waals surface area contributed by atoms with Crippen molar-refractivity contribution in [2.45, 2.75) is 17.9 Å². The fourth-order valence-electron chi connectivity index (χ4n) is 2.26. The third kappa shape index (κ3) is 3.60. The van der Waals surface area contributed by atoms with Crippen LogP contribution in [0.25, 0.3) is 0 Å². The molecule has 124 valence electrons. The number of hydrogen-bond acceptors (Lipinski definition) is 4. The molecule has 2 N–H and O–H groups in total. The average molecular weight is 347 g/mol. The maximum absolute atomic E-state index is 12.8. The highest BCUT2D eigenvalue weighted by molar-refractivity contribution is 7.90. The zero-order chi connectivity index (χ0) is 17.2. The van der Waals surface area contributed by atoms with Crippen LogP contribution in [0.2, 0.25) is 0 Å². The van der Waals surface area contributed by atoms with Crippen LogP contribution in [0, 0.1) is 5.82 Å². The van der Waals surface area contributed by atoms with Crippen molar-refractivity contribution in [3.63, 3.8) is 0 Å². The van der Waals surface area contributed by atoms with Gasteiger partial charge in [-0.3, -0.25) is 4.79 Å². The highest BCUT2D eigenvalue weighted by Crippen LogP contribution is 2.26. The first kappa shape index (κ1) is 16.1. The molecule has 0 aromatic heterocycles. The van der Waals surface area contributed by atoms with E-state index in [2.05, 4.69) is 15.0 Å². The molecule has 8 heteroatoms. The fourth-order valence-corrected chi connectivity index (χ4v) is 3.41. The highest BCUT2D eigenvalue weighted by atomic mass is 32.2. The number of amides is 1.